The molecule has 4 nitrogen and oxygen atoms in total. The summed E-state index contributed by atoms with van der Waals surface area (Å²) in [7, 11) is 0. The van der Waals surface area contributed by atoms with E-state index < -0.39 is 5.97 Å². The zero-order valence-electron chi connectivity index (χ0n) is 12.0. The van der Waals surface area contributed by atoms with Crippen molar-refractivity contribution in [2.24, 2.45) is 0 Å². The molecule has 110 valence electrons. The summed E-state index contributed by atoms with van der Waals surface area (Å²) in [6, 6.07) is 7.57. The molecule has 1 aliphatic rings. The normalized spacial score (nSPS) is 19.0. The van der Waals surface area contributed by atoms with Gasteiger partial charge in [0.25, 0.3) is 0 Å². The van der Waals surface area contributed by atoms with Gasteiger partial charge in [0, 0.05) is 11.9 Å². The zero-order chi connectivity index (χ0) is 14.8. The van der Waals surface area contributed by atoms with Crippen LogP contribution < -0.4 is 0 Å². The number of aromatic carboxylic acids is 1. The molecule has 3 rings (SSSR count). The third-order valence-electron chi connectivity index (χ3n) is 3.93. The van der Waals surface area contributed by atoms with E-state index in [2.05, 4.69) is 15.3 Å². The Morgan fingerprint density at radius 2 is 2.19 bits per heavy atom. The van der Waals surface area contributed by atoms with E-state index in [0.717, 1.165) is 30.1 Å². The molecule has 1 fully saturated rings. The Morgan fingerprint density at radius 3 is 2.81 bits per heavy atom. The maximum Gasteiger partial charge on any atom is 0.335 e. The van der Waals surface area contributed by atoms with Crippen LogP contribution in [0.1, 0.15) is 45.5 Å². The fourth-order valence-corrected chi connectivity index (χ4v) is 3.53. The van der Waals surface area contributed by atoms with Crippen molar-refractivity contribution in [3.63, 3.8) is 0 Å². The molecule has 1 aromatic carbocycles. The molecule has 1 N–H and O–H groups in total. The lowest BCUT2D eigenvalue weighted by molar-refractivity contribution is 0.0697. The minimum Gasteiger partial charge on any atom is -0.478 e. The molecule has 0 radical (unpaired) electrons. The van der Waals surface area contributed by atoms with Crippen molar-refractivity contribution in [2.45, 2.75) is 32.4 Å². The highest BCUT2D eigenvalue weighted by molar-refractivity contribution is 7.09. The van der Waals surface area contributed by atoms with E-state index in [-0.39, 0.29) is 0 Å². The molecule has 2 aromatic rings. The number of aryl methyl sites for hydroxylation is 1. The molecule has 0 amide bonds. The Balaban J connectivity index is 1.72. The van der Waals surface area contributed by atoms with E-state index in [1.165, 1.54) is 12.1 Å². The Hall–Kier alpha value is -1.72. The van der Waals surface area contributed by atoms with Crippen molar-refractivity contribution < 1.29 is 9.90 Å². The summed E-state index contributed by atoms with van der Waals surface area (Å²) >= 11 is 1.70. The van der Waals surface area contributed by atoms with Gasteiger partial charge in [-0.15, -0.1) is 11.3 Å². The first-order valence-corrected chi connectivity index (χ1v) is 8.00. The highest BCUT2D eigenvalue weighted by Crippen LogP contribution is 2.33. The van der Waals surface area contributed by atoms with Crippen LogP contribution in [0, 0.1) is 6.92 Å². The molecule has 0 spiro atoms. The predicted octanol–water partition coefficient (Wildman–Crippen LogP) is 3.49. The molecule has 1 unspecified atom stereocenters. The predicted molar refractivity (Wildman–Crippen MR) is 82.6 cm³/mol. The third-order valence-corrected chi connectivity index (χ3v) is 4.72. The molecule has 1 aliphatic heterocycles. The third kappa shape index (κ3) is 3.14. The van der Waals surface area contributed by atoms with Gasteiger partial charge in [0.15, 0.2) is 0 Å². The van der Waals surface area contributed by atoms with E-state index >= 15 is 0 Å². The number of aromatic nitrogens is 1. The summed E-state index contributed by atoms with van der Waals surface area (Å²) in [5, 5.41) is 12.2. The summed E-state index contributed by atoms with van der Waals surface area (Å²) in [6.45, 7) is 3.96. The molecule has 0 bridgehead atoms. The van der Waals surface area contributed by atoms with E-state index in [0.29, 0.717) is 11.6 Å². The highest BCUT2D eigenvalue weighted by atomic mass is 32.1. The number of carboxylic acids is 1. The number of hydrogen-bond donors (Lipinski definition) is 1. The minimum atomic E-state index is -0.876. The Labute approximate surface area is 128 Å². The molecule has 1 aromatic heterocycles. The summed E-state index contributed by atoms with van der Waals surface area (Å²) < 4.78 is 0. The number of thiazole rings is 1. The first kappa shape index (κ1) is 14.2. The van der Waals surface area contributed by atoms with Crippen LogP contribution in [0.4, 0.5) is 0 Å². The number of likely N-dealkylation sites (tertiary alicyclic amines) is 1. The Bertz CT molecular complexity index is 636. The van der Waals surface area contributed by atoms with Crippen LogP contribution in [0.5, 0.6) is 0 Å². The second-order valence-corrected chi connectivity index (χ2v) is 6.48. The van der Waals surface area contributed by atoms with Crippen LogP contribution in [-0.2, 0) is 6.54 Å². The number of rotatable bonds is 4. The van der Waals surface area contributed by atoms with Gasteiger partial charge in [-0.1, -0.05) is 12.1 Å². The van der Waals surface area contributed by atoms with Crippen LogP contribution in [0.15, 0.2) is 29.6 Å². The van der Waals surface area contributed by atoms with Crippen LogP contribution in [0.2, 0.25) is 0 Å². The van der Waals surface area contributed by atoms with Gasteiger partial charge in [-0.2, -0.15) is 0 Å². The Morgan fingerprint density at radius 1 is 1.43 bits per heavy atom. The van der Waals surface area contributed by atoms with E-state index in [1.807, 2.05) is 19.1 Å². The zero-order valence-corrected chi connectivity index (χ0v) is 12.8. The first-order chi connectivity index (χ1) is 10.1. The van der Waals surface area contributed by atoms with Gasteiger partial charge in [-0.3, -0.25) is 4.90 Å². The topological polar surface area (TPSA) is 53.4 Å². The van der Waals surface area contributed by atoms with Crippen molar-refractivity contribution >= 4 is 17.3 Å². The molecule has 0 saturated carbocycles. The largest absolute Gasteiger partial charge is 0.478 e. The maximum atomic E-state index is 10.9. The number of hydrogen-bond acceptors (Lipinski definition) is 4. The van der Waals surface area contributed by atoms with Gasteiger partial charge in [0.05, 0.1) is 22.3 Å². The molecule has 2 heterocycles. The van der Waals surface area contributed by atoms with Gasteiger partial charge >= 0.3 is 5.97 Å². The molecular weight excluding hydrogens is 284 g/mol. The Kier molecular flexibility index (Phi) is 4.03. The lowest BCUT2D eigenvalue weighted by Crippen LogP contribution is -2.23. The van der Waals surface area contributed by atoms with Gasteiger partial charge < -0.3 is 5.11 Å². The number of benzene rings is 1. The second-order valence-electron chi connectivity index (χ2n) is 5.42. The van der Waals surface area contributed by atoms with Crippen molar-refractivity contribution in [1.82, 2.24) is 9.88 Å². The monoisotopic (exact) mass is 302 g/mol. The van der Waals surface area contributed by atoms with Crippen LogP contribution in [-0.4, -0.2) is 27.5 Å². The van der Waals surface area contributed by atoms with Crippen LogP contribution >= 0.6 is 11.3 Å². The SMILES string of the molecule is Cc1nc(C2CCCN2Cc2ccc(C(=O)O)cc2)cs1. The summed E-state index contributed by atoms with van der Waals surface area (Å²) in [4.78, 5) is 17.9. The molecule has 1 atom stereocenters. The van der Waals surface area contributed by atoms with Crippen LogP contribution in [0.25, 0.3) is 0 Å². The molecule has 0 aliphatic carbocycles. The smallest absolute Gasteiger partial charge is 0.335 e. The van der Waals surface area contributed by atoms with E-state index in [1.54, 1.807) is 23.5 Å². The second kappa shape index (κ2) is 5.95. The van der Waals surface area contributed by atoms with Gasteiger partial charge in [-0.25, -0.2) is 9.78 Å². The first-order valence-electron chi connectivity index (χ1n) is 7.12. The standard InChI is InChI=1S/C16H18N2O2S/c1-11-17-14(10-21-11)15-3-2-8-18(15)9-12-4-6-13(7-5-12)16(19)20/h4-7,10,15H,2-3,8-9H2,1H3,(H,19,20). The lowest BCUT2D eigenvalue weighted by Gasteiger charge is -2.23. The van der Waals surface area contributed by atoms with E-state index in [4.69, 9.17) is 5.11 Å². The number of nitrogens with zero attached hydrogens (tertiary/aromatic N) is 2. The average Bonchev–Trinajstić information content (AvgIpc) is 3.08. The molecule has 21 heavy (non-hydrogen) atoms. The number of carbonyl (C=O) groups is 1. The van der Waals surface area contributed by atoms with Gasteiger partial charge in [0.1, 0.15) is 0 Å². The van der Waals surface area contributed by atoms with Crippen molar-refractivity contribution in [1.29, 1.82) is 0 Å². The highest BCUT2D eigenvalue weighted by Gasteiger charge is 2.27. The fraction of sp³-hybridized carbons (Fsp3) is 0.375. The fourth-order valence-electron chi connectivity index (χ4n) is 2.87. The molecular formula is C16H18N2O2S. The molecule has 1 saturated heterocycles. The summed E-state index contributed by atoms with van der Waals surface area (Å²) in [6.07, 6.45) is 2.34. The van der Waals surface area contributed by atoms with Gasteiger partial charge in [-0.05, 0) is 44.0 Å². The van der Waals surface area contributed by atoms with Crippen molar-refractivity contribution in [3.8, 4) is 0 Å². The van der Waals surface area contributed by atoms with Crippen molar-refractivity contribution in [3.05, 3.63) is 51.5 Å². The lowest BCUT2D eigenvalue weighted by atomic mass is 10.1. The quantitative estimate of drug-likeness (QED) is 0.939. The maximum absolute atomic E-state index is 10.9. The summed E-state index contributed by atoms with van der Waals surface area (Å²) in [5.41, 5.74) is 2.67. The average molecular weight is 302 g/mol. The number of carboxylic acid groups (broad SMARTS) is 1. The van der Waals surface area contributed by atoms with E-state index in [9.17, 15) is 4.79 Å². The minimum absolute atomic E-state index is 0.340. The van der Waals surface area contributed by atoms with Crippen LogP contribution in [0.3, 0.4) is 0 Å². The van der Waals surface area contributed by atoms with Crippen molar-refractivity contribution in [2.75, 3.05) is 6.54 Å². The van der Waals surface area contributed by atoms with Gasteiger partial charge in [0.2, 0.25) is 0 Å². The summed E-state index contributed by atoms with van der Waals surface area (Å²) in [5.74, 6) is -0.876. The molecule has 5 heteroatoms.